The van der Waals surface area contributed by atoms with Gasteiger partial charge < -0.3 is 10.6 Å². The minimum absolute atomic E-state index is 0.277. The molecule has 2 aromatic rings. The number of hydrogen-bond acceptors (Lipinski definition) is 6. The van der Waals surface area contributed by atoms with E-state index in [1.807, 2.05) is 19.9 Å². The first-order valence-electron chi connectivity index (χ1n) is 6.27. The minimum atomic E-state index is 0.277. The molecular weight excluding hydrogens is 242 g/mol. The Morgan fingerprint density at radius 3 is 2.79 bits per heavy atom. The van der Waals surface area contributed by atoms with Gasteiger partial charge in [0, 0.05) is 24.8 Å². The number of aromatic amines is 1. The van der Waals surface area contributed by atoms with Gasteiger partial charge in [0.2, 0.25) is 5.95 Å². The lowest BCUT2D eigenvalue weighted by Crippen LogP contribution is -2.22. The van der Waals surface area contributed by atoms with Crippen LogP contribution in [0.5, 0.6) is 0 Å². The van der Waals surface area contributed by atoms with E-state index in [9.17, 15) is 0 Å². The summed E-state index contributed by atoms with van der Waals surface area (Å²) in [6.07, 6.45) is 0. The molecule has 7 nitrogen and oxygen atoms in total. The molecule has 1 fully saturated rings. The molecule has 0 amide bonds. The number of nitrogens with one attached hydrogen (secondary N) is 2. The summed E-state index contributed by atoms with van der Waals surface area (Å²) < 4.78 is 0. The summed E-state index contributed by atoms with van der Waals surface area (Å²) in [5.41, 5.74) is 9.53. The molecule has 2 aromatic heterocycles. The van der Waals surface area contributed by atoms with Crippen LogP contribution in [0.3, 0.4) is 0 Å². The highest BCUT2D eigenvalue weighted by Crippen LogP contribution is 2.25. The monoisotopic (exact) mass is 259 g/mol. The third kappa shape index (κ3) is 2.12. The lowest BCUT2D eigenvalue weighted by Gasteiger charge is -2.16. The maximum Gasteiger partial charge on any atom is 0.222 e. The smallest absolute Gasteiger partial charge is 0.222 e. The summed E-state index contributed by atoms with van der Waals surface area (Å²) in [6.45, 7) is 6.67. The van der Waals surface area contributed by atoms with Gasteiger partial charge in [-0.3, -0.25) is 10.4 Å². The average Bonchev–Trinajstić information content (AvgIpc) is 3.01. The van der Waals surface area contributed by atoms with Crippen LogP contribution in [0.15, 0.2) is 6.07 Å². The van der Waals surface area contributed by atoms with Crippen LogP contribution in [0.2, 0.25) is 0 Å². The standard InChI is InChI=1S/C12H17N7/c1-7-8(2)17-18-11(7)9-5-10(16-12(13)15-9)19-4-3-14-6-19/h5,14H,3-4,6H2,1-2H3,(H,17,18)(H2,13,15,16). The molecule has 0 aliphatic carbocycles. The zero-order valence-corrected chi connectivity index (χ0v) is 11.1. The average molecular weight is 259 g/mol. The van der Waals surface area contributed by atoms with Crippen molar-refractivity contribution in [2.75, 3.05) is 30.4 Å². The summed E-state index contributed by atoms with van der Waals surface area (Å²) in [7, 11) is 0. The minimum Gasteiger partial charge on any atom is -0.368 e. The van der Waals surface area contributed by atoms with E-state index in [0.29, 0.717) is 0 Å². The van der Waals surface area contributed by atoms with E-state index in [1.165, 1.54) is 0 Å². The van der Waals surface area contributed by atoms with Crippen LogP contribution in [0, 0.1) is 13.8 Å². The molecular formula is C12H17N7. The summed E-state index contributed by atoms with van der Waals surface area (Å²) in [5, 5.41) is 10.5. The molecule has 7 heteroatoms. The highest BCUT2D eigenvalue weighted by molar-refractivity contribution is 5.64. The first-order valence-corrected chi connectivity index (χ1v) is 6.27. The van der Waals surface area contributed by atoms with Gasteiger partial charge in [0.25, 0.3) is 0 Å². The fraction of sp³-hybridized carbons (Fsp3) is 0.417. The number of hydrogen-bond donors (Lipinski definition) is 3. The number of aromatic nitrogens is 4. The van der Waals surface area contributed by atoms with Crippen molar-refractivity contribution in [3.05, 3.63) is 17.3 Å². The van der Waals surface area contributed by atoms with Gasteiger partial charge >= 0.3 is 0 Å². The van der Waals surface area contributed by atoms with Gasteiger partial charge in [0.15, 0.2) is 0 Å². The molecule has 1 aliphatic heterocycles. The SMILES string of the molecule is Cc1[nH]nc(-c2cc(N3CCNC3)nc(N)n2)c1C. The van der Waals surface area contributed by atoms with E-state index in [4.69, 9.17) is 5.73 Å². The number of aryl methyl sites for hydroxylation is 1. The first-order chi connectivity index (χ1) is 9.15. The van der Waals surface area contributed by atoms with Crippen molar-refractivity contribution in [1.82, 2.24) is 25.5 Å². The molecule has 0 unspecified atom stereocenters. The van der Waals surface area contributed by atoms with Crippen LogP contribution in [0.25, 0.3) is 11.4 Å². The Hall–Kier alpha value is -2.15. The summed E-state index contributed by atoms with van der Waals surface area (Å²) in [6, 6.07) is 1.94. The summed E-state index contributed by atoms with van der Waals surface area (Å²) in [5.74, 6) is 1.12. The van der Waals surface area contributed by atoms with E-state index >= 15 is 0 Å². The molecule has 0 aromatic carbocycles. The second kappa shape index (κ2) is 4.51. The Morgan fingerprint density at radius 1 is 1.32 bits per heavy atom. The van der Waals surface area contributed by atoms with E-state index in [1.54, 1.807) is 0 Å². The number of H-pyrrole nitrogens is 1. The predicted molar refractivity (Wildman–Crippen MR) is 73.7 cm³/mol. The van der Waals surface area contributed by atoms with Crippen LogP contribution in [0.4, 0.5) is 11.8 Å². The molecule has 19 heavy (non-hydrogen) atoms. The molecule has 0 atom stereocenters. The van der Waals surface area contributed by atoms with Crippen LogP contribution in [0.1, 0.15) is 11.3 Å². The Morgan fingerprint density at radius 2 is 2.16 bits per heavy atom. The van der Waals surface area contributed by atoms with E-state index in [-0.39, 0.29) is 5.95 Å². The molecule has 0 saturated carbocycles. The van der Waals surface area contributed by atoms with Crippen molar-refractivity contribution in [2.45, 2.75) is 13.8 Å². The van der Waals surface area contributed by atoms with Crippen molar-refractivity contribution in [1.29, 1.82) is 0 Å². The lowest BCUT2D eigenvalue weighted by atomic mass is 10.1. The number of nitrogens with zero attached hydrogens (tertiary/aromatic N) is 4. The van der Waals surface area contributed by atoms with Crippen molar-refractivity contribution >= 4 is 11.8 Å². The molecule has 0 bridgehead atoms. The third-order valence-corrected chi connectivity index (χ3v) is 3.41. The molecule has 0 radical (unpaired) electrons. The maximum absolute atomic E-state index is 5.81. The van der Waals surface area contributed by atoms with Crippen molar-refractivity contribution in [3.8, 4) is 11.4 Å². The van der Waals surface area contributed by atoms with Gasteiger partial charge in [0.1, 0.15) is 11.5 Å². The zero-order chi connectivity index (χ0) is 13.4. The van der Waals surface area contributed by atoms with E-state index in [2.05, 4.69) is 30.4 Å². The van der Waals surface area contributed by atoms with Crippen molar-refractivity contribution in [2.24, 2.45) is 0 Å². The van der Waals surface area contributed by atoms with Gasteiger partial charge in [-0.25, -0.2) is 4.98 Å². The molecule has 0 spiro atoms. The summed E-state index contributed by atoms with van der Waals surface area (Å²) in [4.78, 5) is 10.7. The summed E-state index contributed by atoms with van der Waals surface area (Å²) >= 11 is 0. The number of nitrogen functional groups attached to an aromatic ring is 1. The van der Waals surface area contributed by atoms with Gasteiger partial charge in [-0.05, 0) is 19.4 Å². The van der Waals surface area contributed by atoms with Crippen molar-refractivity contribution < 1.29 is 0 Å². The largest absolute Gasteiger partial charge is 0.368 e. The Balaban J connectivity index is 2.04. The van der Waals surface area contributed by atoms with E-state index < -0.39 is 0 Å². The fourth-order valence-electron chi connectivity index (χ4n) is 2.17. The zero-order valence-electron chi connectivity index (χ0n) is 11.1. The number of rotatable bonds is 2. The Labute approximate surface area is 111 Å². The molecule has 3 rings (SSSR count). The predicted octanol–water partition coefficient (Wildman–Crippen LogP) is 0.433. The van der Waals surface area contributed by atoms with Crippen LogP contribution in [-0.4, -0.2) is 39.9 Å². The number of nitrogens with two attached hydrogens (primary N) is 1. The lowest BCUT2D eigenvalue weighted by molar-refractivity contribution is 0.848. The van der Waals surface area contributed by atoms with Crippen LogP contribution in [-0.2, 0) is 0 Å². The molecule has 1 aliphatic rings. The highest BCUT2D eigenvalue weighted by Gasteiger charge is 2.17. The van der Waals surface area contributed by atoms with Crippen LogP contribution < -0.4 is 16.0 Å². The molecule has 3 heterocycles. The van der Waals surface area contributed by atoms with Gasteiger partial charge in [-0.15, -0.1) is 0 Å². The normalized spacial score (nSPS) is 15.2. The van der Waals surface area contributed by atoms with Gasteiger partial charge in [-0.1, -0.05) is 0 Å². The number of anilines is 2. The molecule has 1 saturated heterocycles. The van der Waals surface area contributed by atoms with Gasteiger partial charge in [-0.2, -0.15) is 10.1 Å². The quantitative estimate of drug-likeness (QED) is 0.724. The maximum atomic E-state index is 5.81. The van der Waals surface area contributed by atoms with Gasteiger partial charge in [0.05, 0.1) is 12.4 Å². The highest BCUT2D eigenvalue weighted by atomic mass is 15.3. The molecule has 4 N–H and O–H groups in total. The first kappa shape index (κ1) is 11.9. The van der Waals surface area contributed by atoms with Crippen LogP contribution >= 0.6 is 0 Å². The second-order valence-electron chi connectivity index (χ2n) is 4.71. The Bertz CT molecular complexity index is 598. The third-order valence-electron chi connectivity index (χ3n) is 3.41. The Kier molecular flexibility index (Phi) is 2.83. The second-order valence-corrected chi connectivity index (χ2v) is 4.71. The fourth-order valence-corrected chi connectivity index (χ4v) is 2.17. The van der Waals surface area contributed by atoms with E-state index in [0.717, 1.165) is 48.2 Å². The van der Waals surface area contributed by atoms with Crippen molar-refractivity contribution in [3.63, 3.8) is 0 Å². The molecule has 100 valence electrons. The topological polar surface area (TPSA) is 95.8 Å².